The molecule has 0 spiro atoms. The third-order valence-corrected chi connectivity index (χ3v) is 2.57. The number of rotatable bonds is 11. The number of unbranched alkanes of at least 4 members (excludes halogenated alkanes) is 3. The minimum absolute atomic E-state index is 0.435. The summed E-state index contributed by atoms with van der Waals surface area (Å²) in [6, 6.07) is 0. The van der Waals surface area contributed by atoms with Crippen molar-refractivity contribution in [3.8, 4) is 0 Å². The summed E-state index contributed by atoms with van der Waals surface area (Å²) in [4.78, 5) is 0. The molecule has 1 unspecified atom stereocenters. The molecule has 0 heterocycles. The highest BCUT2D eigenvalue weighted by atomic mass is 16.5. The molecule has 2 nitrogen and oxygen atoms in total. The summed E-state index contributed by atoms with van der Waals surface area (Å²) in [6.07, 6.45) is 8.21. The van der Waals surface area contributed by atoms with Crippen LogP contribution in [0.1, 0.15) is 59.3 Å². The first-order valence-electron chi connectivity index (χ1n) is 6.63. The van der Waals surface area contributed by atoms with Crippen LogP contribution in [0.25, 0.3) is 0 Å². The SMILES string of the molecule is CCCCCCC(C)OCCNCCC. The predicted molar refractivity (Wildman–Crippen MR) is 67.3 cm³/mol. The fraction of sp³-hybridized carbons (Fsp3) is 1.00. The number of ether oxygens (including phenoxy) is 1. The van der Waals surface area contributed by atoms with E-state index in [1.165, 1.54) is 38.5 Å². The first-order chi connectivity index (χ1) is 7.31. The van der Waals surface area contributed by atoms with E-state index in [2.05, 4.69) is 26.1 Å². The summed E-state index contributed by atoms with van der Waals surface area (Å²) < 4.78 is 5.71. The van der Waals surface area contributed by atoms with Crippen molar-refractivity contribution < 1.29 is 4.74 Å². The van der Waals surface area contributed by atoms with Gasteiger partial charge in [-0.2, -0.15) is 0 Å². The third kappa shape index (κ3) is 11.8. The second-order valence-electron chi connectivity index (χ2n) is 4.28. The molecular weight excluding hydrogens is 186 g/mol. The maximum absolute atomic E-state index is 5.71. The van der Waals surface area contributed by atoms with Gasteiger partial charge >= 0.3 is 0 Å². The topological polar surface area (TPSA) is 21.3 Å². The molecule has 0 aromatic carbocycles. The van der Waals surface area contributed by atoms with Crippen LogP contribution in [-0.2, 0) is 4.74 Å². The molecule has 0 rings (SSSR count). The van der Waals surface area contributed by atoms with E-state index in [4.69, 9.17) is 4.74 Å². The highest BCUT2D eigenvalue weighted by Gasteiger charge is 2.00. The number of hydrogen-bond donors (Lipinski definition) is 1. The highest BCUT2D eigenvalue weighted by Crippen LogP contribution is 2.07. The maximum Gasteiger partial charge on any atom is 0.0594 e. The van der Waals surface area contributed by atoms with Gasteiger partial charge in [-0.1, -0.05) is 39.5 Å². The van der Waals surface area contributed by atoms with E-state index in [1.54, 1.807) is 0 Å². The van der Waals surface area contributed by atoms with E-state index in [-0.39, 0.29) is 0 Å². The molecule has 0 aromatic rings. The van der Waals surface area contributed by atoms with Crippen LogP contribution in [0.5, 0.6) is 0 Å². The Labute approximate surface area is 95.8 Å². The fourth-order valence-electron chi connectivity index (χ4n) is 1.58. The van der Waals surface area contributed by atoms with Gasteiger partial charge < -0.3 is 10.1 Å². The summed E-state index contributed by atoms with van der Waals surface area (Å²) in [5.41, 5.74) is 0. The van der Waals surface area contributed by atoms with Crippen LogP contribution in [0.4, 0.5) is 0 Å². The Bertz CT molecular complexity index is 117. The molecule has 0 bridgehead atoms. The third-order valence-electron chi connectivity index (χ3n) is 2.57. The van der Waals surface area contributed by atoms with Gasteiger partial charge in [-0.05, 0) is 26.3 Å². The van der Waals surface area contributed by atoms with E-state index in [1.807, 2.05) is 0 Å². The Kier molecular flexibility index (Phi) is 11.9. The van der Waals surface area contributed by atoms with Crippen molar-refractivity contribution >= 4 is 0 Å². The van der Waals surface area contributed by atoms with Gasteiger partial charge in [0.1, 0.15) is 0 Å². The minimum Gasteiger partial charge on any atom is -0.377 e. The summed E-state index contributed by atoms with van der Waals surface area (Å²) >= 11 is 0. The van der Waals surface area contributed by atoms with E-state index in [0.29, 0.717) is 6.10 Å². The van der Waals surface area contributed by atoms with Gasteiger partial charge in [0.05, 0.1) is 12.7 Å². The predicted octanol–water partition coefficient (Wildman–Crippen LogP) is 3.36. The van der Waals surface area contributed by atoms with Gasteiger partial charge in [0, 0.05) is 6.54 Å². The van der Waals surface area contributed by atoms with Crippen molar-refractivity contribution in [1.29, 1.82) is 0 Å². The van der Waals surface area contributed by atoms with Crippen LogP contribution >= 0.6 is 0 Å². The first-order valence-corrected chi connectivity index (χ1v) is 6.63. The molecule has 1 N–H and O–H groups in total. The van der Waals surface area contributed by atoms with Crippen LogP contribution in [0.15, 0.2) is 0 Å². The molecule has 1 atom stereocenters. The average Bonchev–Trinajstić information content (AvgIpc) is 2.24. The molecule has 0 amide bonds. The molecule has 0 aromatic heterocycles. The summed E-state index contributed by atoms with van der Waals surface area (Å²) in [5.74, 6) is 0. The van der Waals surface area contributed by atoms with Crippen LogP contribution in [0.3, 0.4) is 0 Å². The Morgan fingerprint density at radius 2 is 1.80 bits per heavy atom. The maximum atomic E-state index is 5.71. The molecule has 0 aliphatic carbocycles. The van der Waals surface area contributed by atoms with Crippen molar-refractivity contribution in [1.82, 2.24) is 5.32 Å². The minimum atomic E-state index is 0.435. The first kappa shape index (κ1) is 14.9. The molecule has 0 aliphatic heterocycles. The Balaban J connectivity index is 3.08. The van der Waals surface area contributed by atoms with Gasteiger partial charge in [0.15, 0.2) is 0 Å². The molecule has 0 saturated heterocycles. The van der Waals surface area contributed by atoms with Crippen LogP contribution < -0.4 is 5.32 Å². The Hall–Kier alpha value is -0.0800. The number of nitrogens with one attached hydrogen (secondary N) is 1. The van der Waals surface area contributed by atoms with Crippen LogP contribution in [0, 0.1) is 0 Å². The lowest BCUT2D eigenvalue weighted by atomic mass is 10.1. The fourth-order valence-corrected chi connectivity index (χ4v) is 1.58. The molecule has 0 radical (unpaired) electrons. The molecular formula is C13H29NO. The largest absolute Gasteiger partial charge is 0.377 e. The monoisotopic (exact) mass is 215 g/mol. The van der Waals surface area contributed by atoms with E-state index < -0.39 is 0 Å². The molecule has 92 valence electrons. The second kappa shape index (κ2) is 12.0. The summed E-state index contributed by atoms with van der Waals surface area (Å²) in [6.45, 7) is 9.58. The lowest BCUT2D eigenvalue weighted by Gasteiger charge is -2.13. The number of hydrogen-bond acceptors (Lipinski definition) is 2. The van der Waals surface area contributed by atoms with Crippen molar-refractivity contribution in [2.75, 3.05) is 19.7 Å². The molecule has 0 fully saturated rings. The van der Waals surface area contributed by atoms with Gasteiger partial charge in [0.25, 0.3) is 0 Å². The zero-order valence-corrected chi connectivity index (χ0v) is 10.8. The molecule has 0 aliphatic rings. The van der Waals surface area contributed by atoms with Crippen molar-refractivity contribution in [2.45, 2.75) is 65.4 Å². The lowest BCUT2D eigenvalue weighted by molar-refractivity contribution is 0.0605. The van der Waals surface area contributed by atoms with Crippen LogP contribution in [0.2, 0.25) is 0 Å². The standard InChI is InChI=1S/C13H29NO/c1-4-6-7-8-9-13(3)15-12-11-14-10-5-2/h13-14H,4-12H2,1-3H3. The summed E-state index contributed by atoms with van der Waals surface area (Å²) in [7, 11) is 0. The van der Waals surface area contributed by atoms with Gasteiger partial charge in [-0.15, -0.1) is 0 Å². The normalized spacial score (nSPS) is 13.0. The molecule has 0 saturated carbocycles. The lowest BCUT2D eigenvalue weighted by Crippen LogP contribution is -2.22. The van der Waals surface area contributed by atoms with Crippen molar-refractivity contribution in [3.63, 3.8) is 0 Å². The van der Waals surface area contributed by atoms with Gasteiger partial charge in [-0.25, -0.2) is 0 Å². The second-order valence-corrected chi connectivity index (χ2v) is 4.28. The van der Waals surface area contributed by atoms with Crippen molar-refractivity contribution in [3.05, 3.63) is 0 Å². The zero-order chi connectivity index (χ0) is 11.4. The van der Waals surface area contributed by atoms with Gasteiger partial charge in [-0.3, -0.25) is 0 Å². The van der Waals surface area contributed by atoms with E-state index >= 15 is 0 Å². The van der Waals surface area contributed by atoms with Crippen LogP contribution in [-0.4, -0.2) is 25.8 Å². The Morgan fingerprint density at radius 1 is 1.00 bits per heavy atom. The zero-order valence-electron chi connectivity index (χ0n) is 10.8. The smallest absolute Gasteiger partial charge is 0.0594 e. The molecule has 2 heteroatoms. The van der Waals surface area contributed by atoms with E-state index in [9.17, 15) is 0 Å². The molecule has 15 heavy (non-hydrogen) atoms. The van der Waals surface area contributed by atoms with E-state index in [0.717, 1.165) is 19.7 Å². The van der Waals surface area contributed by atoms with Gasteiger partial charge in [0.2, 0.25) is 0 Å². The Morgan fingerprint density at radius 3 is 2.47 bits per heavy atom. The quantitative estimate of drug-likeness (QED) is 0.534. The average molecular weight is 215 g/mol. The van der Waals surface area contributed by atoms with Crippen molar-refractivity contribution in [2.24, 2.45) is 0 Å². The summed E-state index contributed by atoms with van der Waals surface area (Å²) in [5, 5.41) is 3.34. The highest BCUT2D eigenvalue weighted by molar-refractivity contribution is 4.52.